The number of ether oxygens (including phenoxy) is 1. The minimum absolute atomic E-state index is 0.0795. The molecule has 0 saturated carbocycles. The minimum atomic E-state index is -0.241. The number of methoxy groups -OCH3 is 1. The van der Waals surface area contributed by atoms with Gasteiger partial charge in [-0.05, 0) is 35.4 Å². The summed E-state index contributed by atoms with van der Waals surface area (Å²) < 4.78 is 10.8. The van der Waals surface area contributed by atoms with Crippen LogP contribution in [0.3, 0.4) is 0 Å². The molecule has 2 aromatic heterocycles. The number of hydrogen-bond acceptors (Lipinski definition) is 4. The van der Waals surface area contributed by atoms with Crippen LogP contribution in [0.1, 0.15) is 22.7 Å². The largest absolute Gasteiger partial charge is 0.497 e. The van der Waals surface area contributed by atoms with Gasteiger partial charge in [-0.25, -0.2) is 0 Å². The Balaban J connectivity index is 1.57. The molecule has 140 valence electrons. The predicted octanol–water partition coefficient (Wildman–Crippen LogP) is 4.28. The summed E-state index contributed by atoms with van der Waals surface area (Å²) >= 11 is 0. The van der Waals surface area contributed by atoms with Crippen LogP contribution in [0.25, 0.3) is 11.0 Å². The molecule has 4 rings (SSSR count). The number of aromatic nitrogens is 1. The summed E-state index contributed by atoms with van der Waals surface area (Å²) in [5.41, 5.74) is 3.55. The first kappa shape index (κ1) is 17.8. The Morgan fingerprint density at radius 3 is 2.57 bits per heavy atom. The highest BCUT2D eigenvalue weighted by molar-refractivity contribution is 5.88. The van der Waals surface area contributed by atoms with Crippen molar-refractivity contribution in [2.75, 3.05) is 7.11 Å². The maximum absolute atomic E-state index is 12.8. The molecular weight excluding hydrogens is 352 g/mol. The Morgan fingerprint density at radius 1 is 1.07 bits per heavy atom. The van der Waals surface area contributed by atoms with Gasteiger partial charge in [0, 0.05) is 29.4 Å². The van der Waals surface area contributed by atoms with E-state index in [4.69, 9.17) is 9.15 Å². The highest BCUT2D eigenvalue weighted by atomic mass is 16.5. The molecule has 1 atom stereocenters. The first-order chi connectivity index (χ1) is 13.7. The number of carbonyl (C=O) groups excluding carboxylic acids is 1. The monoisotopic (exact) mass is 372 g/mol. The van der Waals surface area contributed by atoms with Crippen LogP contribution in [0, 0.1) is 0 Å². The highest BCUT2D eigenvalue weighted by Gasteiger charge is 2.18. The van der Waals surface area contributed by atoms with Gasteiger partial charge in [-0.15, -0.1) is 0 Å². The second-order valence-electron chi connectivity index (χ2n) is 6.49. The number of benzene rings is 2. The van der Waals surface area contributed by atoms with E-state index in [-0.39, 0.29) is 18.4 Å². The normalized spacial score (nSPS) is 11.9. The maximum Gasteiger partial charge on any atom is 0.225 e. The standard InChI is InChI=1S/C23H20N2O3/c1-27-19-7-8-20-18(15-28-21(20)14-19)13-22(26)25-23(16-5-3-2-4-6-16)17-9-11-24-12-10-17/h2-12,14-15,23H,13H2,1H3,(H,25,26)/t23-/m1/s1. The Kier molecular flexibility index (Phi) is 5.06. The fourth-order valence-corrected chi connectivity index (χ4v) is 3.27. The van der Waals surface area contributed by atoms with Gasteiger partial charge in [0.25, 0.3) is 0 Å². The van der Waals surface area contributed by atoms with E-state index in [1.54, 1.807) is 25.8 Å². The number of nitrogens with one attached hydrogen (secondary N) is 1. The van der Waals surface area contributed by atoms with E-state index in [0.717, 1.165) is 27.8 Å². The zero-order chi connectivity index (χ0) is 19.3. The van der Waals surface area contributed by atoms with Crippen LogP contribution in [0.15, 0.2) is 83.7 Å². The molecule has 2 aromatic carbocycles. The zero-order valence-electron chi connectivity index (χ0n) is 15.5. The summed E-state index contributed by atoms with van der Waals surface area (Å²) in [6.07, 6.45) is 5.32. The first-order valence-corrected chi connectivity index (χ1v) is 9.03. The van der Waals surface area contributed by atoms with Gasteiger partial charge >= 0.3 is 0 Å². The lowest BCUT2D eigenvalue weighted by atomic mass is 9.99. The van der Waals surface area contributed by atoms with Gasteiger partial charge in [0.2, 0.25) is 5.91 Å². The molecule has 28 heavy (non-hydrogen) atoms. The Morgan fingerprint density at radius 2 is 1.82 bits per heavy atom. The molecule has 1 amide bonds. The van der Waals surface area contributed by atoms with Crippen molar-refractivity contribution in [3.05, 3.63) is 96.0 Å². The number of nitrogens with zero attached hydrogens (tertiary/aromatic N) is 1. The number of furan rings is 1. The third-order valence-electron chi connectivity index (χ3n) is 4.69. The van der Waals surface area contributed by atoms with E-state index in [9.17, 15) is 4.79 Å². The number of fused-ring (bicyclic) bond motifs is 1. The van der Waals surface area contributed by atoms with E-state index in [0.29, 0.717) is 5.58 Å². The van der Waals surface area contributed by atoms with Gasteiger partial charge < -0.3 is 14.5 Å². The number of rotatable bonds is 6. The lowest BCUT2D eigenvalue weighted by Gasteiger charge is -2.19. The molecule has 0 radical (unpaired) electrons. The Labute approximate surface area is 163 Å². The van der Waals surface area contributed by atoms with Crippen LogP contribution in [-0.4, -0.2) is 18.0 Å². The molecule has 0 spiro atoms. The van der Waals surface area contributed by atoms with Crippen LogP contribution in [0.5, 0.6) is 5.75 Å². The second kappa shape index (κ2) is 7.96. The van der Waals surface area contributed by atoms with E-state index in [2.05, 4.69) is 10.3 Å². The van der Waals surface area contributed by atoms with Crippen molar-refractivity contribution in [2.24, 2.45) is 0 Å². The fraction of sp³-hybridized carbons (Fsp3) is 0.130. The topological polar surface area (TPSA) is 64.4 Å². The molecule has 4 aromatic rings. The third kappa shape index (κ3) is 3.74. The average molecular weight is 372 g/mol. The van der Waals surface area contributed by atoms with Gasteiger partial charge in [0.1, 0.15) is 11.3 Å². The van der Waals surface area contributed by atoms with Gasteiger partial charge in [-0.3, -0.25) is 9.78 Å². The SMILES string of the molecule is COc1ccc2c(CC(=O)N[C@H](c3ccccc3)c3ccncc3)coc2c1. The van der Waals surface area contributed by atoms with Crippen LogP contribution < -0.4 is 10.1 Å². The Bertz CT molecular complexity index is 1040. The van der Waals surface area contributed by atoms with Crippen LogP contribution in [0.2, 0.25) is 0 Å². The quantitative estimate of drug-likeness (QED) is 0.548. The summed E-state index contributed by atoms with van der Waals surface area (Å²) in [4.78, 5) is 16.9. The lowest BCUT2D eigenvalue weighted by molar-refractivity contribution is -0.120. The van der Waals surface area contributed by atoms with Crippen molar-refractivity contribution in [3.8, 4) is 5.75 Å². The lowest BCUT2D eigenvalue weighted by Crippen LogP contribution is -2.30. The zero-order valence-corrected chi connectivity index (χ0v) is 15.5. The number of amides is 1. The van der Waals surface area contributed by atoms with E-state index in [1.807, 2.05) is 60.7 Å². The van der Waals surface area contributed by atoms with Gasteiger partial charge in [0.05, 0.1) is 25.8 Å². The van der Waals surface area contributed by atoms with Crippen molar-refractivity contribution in [1.82, 2.24) is 10.3 Å². The van der Waals surface area contributed by atoms with Crippen molar-refractivity contribution >= 4 is 16.9 Å². The average Bonchev–Trinajstić information content (AvgIpc) is 3.15. The highest BCUT2D eigenvalue weighted by Crippen LogP contribution is 2.26. The maximum atomic E-state index is 12.8. The molecule has 0 fully saturated rings. The molecule has 1 N–H and O–H groups in total. The first-order valence-electron chi connectivity index (χ1n) is 9.03. The molecule has 0 bridgehead atoms. The molecule has 0 saturated heterocycles. The molecule has 0 aliphatic heterocycles. The van der Waals surface area contributed by atoms with Crippen LogP contribution in [-0.2, 0) is 11.2 Å². The number of hydrogen-bond donors (Lipinski definition) is 1. The molecule has 0 aliphatic carbocycles. The van der Waals surface area contributed by atoms with E-state index < -0.39 is 0 Å². The van der Waals surface area contributed by atoms with Crippen molar-refractivity contribution in [2.45, 2.75) is 12.5 Å². The summed E-state index contributed by atoms with van der Waals surface area (Å²) in [6, 6.07) is 19.1. The fourth-order valence-electron chi connectivity index (χ4n) is 3.27. The minimum Gasteiger partial charge on any atom is -0.497 e. The van der Waals surface area contributed by atoms with Crippen LogP contribution in [0.4, 0.5) is 0 Å². The van der Waals surface area contributed by atoms with Crippen molar-refractivity contribution in [3.63, 3.8) is 0 Å². The smallest absolute Gasteiger partial charge is 0.225 e. The predicted molar refractivity (Wildman–Crippen MR) is 107 cm³/mol. The van der Waals surface area contributed by atoms with Crippen molar-refractivity contribution in [1.29, 1.82) is 0 Å². The molecule has 0 aliphatic rings. The second-order valence-corrected chi connectivity index (χ2v) is 6.49. The molecular formula is C23H20N2O3. The molecule has 2 heterocycles. The summed E-state index contributed by atoms with van der Waals surface area (Å²) in [5, 5.41) is 4.06. The summed E-state index contributed by atoms with van der Waals surface area (Å²) in [7, 11) is 1.61. The summed E-state index contributed by atoms with van der Waals surface area (Å²) in [5.74, 6) is 0.642. The van der Waals surface area contributed by atoms with Gasteiger partial charge in [0.15, 0.2) is 0 Å². The van der Waals surface area contributed by atoms with Gasteiger partial charge in [-0.2, -0.15) is 0 Å². The number of carbonyl (C=O) groups is 1. The van der Waals surface area contributed by atoms with Crippen molar-refractivity contribution < 1.29 is 13.9 Å². The third-order valence-corrected chi connectivity index (χ3v) is 4.69. The van der Waals surface area contributed by atoms with Crippen LogP contribution >= 0.6 is 0 Å². The van der Waals surface area contributed by atoms with E-state index in [1.165, 1.54) is 0 Å². The molecule has 5 nitrogen and oxygen atoms in total. The number of pyridine rings is 1. The summed E-state index contributed by atoms with van der Waals surface area (Å²) in [6.45, 7) is 0. The molecule has 0 unspecified atom stereocenters. The van der Waals surface area contributed by atoms with Gasteiger partial charge in [-0.1, -0.05) is 30.3 Å². The van der Waals surface area contributed by atoms with E-state index >= 15 is 0 Å². The Hall–Kier alpha value is -3.60. The molecule has 5 heteroatoms.